The van der Waals surface area contributed by atoms with Crippen LogP contribution in [0.2, 0.25) is 0 Å². The SMILES string of the molecule is CS(=O)(=O)Nc1nc(-c2ccc(C#Cc3cccc(C(=O)O)c3-c3ccc4cc[nH]c4c3)cc2)cs1. The van der Waals surface area contributed by atoms with Gasteiger partial charge in [0.2, 0.25) is 10.0 Å². The van der Waals surface area contributed by atoms with Crippen LogP contribution in [0.15, 0.2) is 78.3 Å². The monoisotopic (exact) mass is 513 g/mol. The number of thiazole rings is 1. The maximum Gasteiger partial charge on any atom is 0.336 e. The van der Waals surface area contributed by atoms with E-state index in [0.717, 1.165) is 33.8 Å². The molecule has 0 fully saturated rings. The predicted octanol–water partition coefficient (Wildman–Crippen LogP) is 5.43. The molecule has 178 valence electrons. The third kappa shape index (κ3) is 5.00. The number of nitrogens with zero attached hydrogens (tertiary/aromatic N) is 1. The Bertz CT molecular complexity index is 1770. The second kappa shape index (κ2) is 9.34. The van der Waals surface area contributed by atoms with Crippen molar-refractivity contribution in [3.63, 3.8) is 0 Å². The van der Waals surface area contributed by atoms with Crippen LogP contribution >= 0.6 is 11.3 Å². The van der Waals surface area contributed by atoms with Gasteiger partial charge in [-0.3, -0.25) is 4.72 Å². The van der Waals surface area contributed by atoms with Gasteiger partial charge >= 0.3 is 5.97 Å². The molecule has 0 atom stereocenters. The Morgan fingerprint density at radius 3 is 2.56 bits per heavy atom. The molecule has 0 saturated carbocycles. The summed E-state index contributed by atoms with van der Waals surface area (Å²) < 4.78 is 25.2. The number of aromatic amines is 1. The van der Waals surface area contributed by atoms with Crippen molar-refractivity contribution in [1.82, 2.24) is 9.97 Å². The van der Waals surface area contributed by atoms with Crippen molar-refractivity contribution >= 4 is 43.4 Å². The third-order valence-electron chi connectivity index (χ3n) is 5.44. The molecule has 9 heteroatoms. The number of carbonyl (C=O) groups is 1. The standard InChI is InChI=1S/C27H19N3O4S2/c1-36(33,34)30-27-29-24(16-35-27)18-8-5-17(6-9-18)7-10-20-3-2-4-22(26(31)32)25(20)21-12-11-19-13-14-28-23(19)15-21/h2-6,8-9,11-16,28H,1H3,(H,29,30)(H,31,32). The first-order valence-electron chi connectivity index (χ1n) is 10.8. The zero-order chi connectivity index (χ0) is 25.3. The van der Waals surface area contributed by atoms with Crippen molar-refractivity contribution < 1.29 is 18.3 Å². The lowest BCUT2D eigenvalue weighted by Gasteiger charge is -2.10. The summed E-state index contributed by atoms with van der Waals surface area (Å²) in [5, 5.41) is 12.9. The van der Waals surface area contributed by atoms with Crippen molar-refractivity contribution in [2.45, 2.75) is 0 Å². The van der Waals surface area contributed by atoms with Crippen LogP contribution in [0, 0.1) is 11.8 Å². The molecule has 0 aliphatic heterocycles. The normalized spacial score (nSPS) is 11.1. The van der Waals surface area contributed by atoms with Gasteiger partial charge in [-0.25, -0.2) is 18.2 Å². The van der Waals surface area contributed by atoms with E-state index in [0.29, 0.717) is 22.0 Å². The maximum atomic E-state index is 12.0. The van der Waals surface area contributed by atoms with Crippen molar-refractivity contribution in [3.8, 4) is 34.2 Å². The molecule has 3 aromatic carbocycles. The fourth-order valence-corrected chi connectivity index (χ4v) is 5.40. The minimum absolute atomic E-state index is 0.185. The van der Waals surface area contributed by atoms with Gasteiger partial charge in [0.25, 0.3) is 0 Å². The summed E-state index contributed by atoms with van der Waals surface area (Å²) in [6.07, 6.45) is 2.92. The molecule has 0 amide bonds. The number of hydrogen-bond donors (Lipinski definition) is 3. The molecule has 0 spiro atoms. The van der Waals surface area contributed by atoms with Crippen molar-refractivity contribution in [3.05, 3.63) is 95.0 Å². The summed E-state index contributed by atoms with van der Waals surface area (Å²) in [6, 6.07) is 20.2. The van der Waals surface area contributed by atoms with Crippen LogP contribution in [0.1, 0.15) is 21.5 Å². The van der Waals surface area contributed by atoms with E-state index in [-0.39, 0.29) is 5.56 Å². The number of sulfonamides is 1. The van der Waals surface area contributed by atoms with E-state index in [4.69, 9.17) is 0 Å². The van der Waals surface area contributed by atoms with E-state index in [9.17, 15) is 18.3 Å². The number of rotatable bonds is 5. The molecule has 5 aromatic rings. The quantitative estimate of drug-likeness (QED) is 0.271. The first-order valence-corrected chi connectivity index (χ1v) is 13.5. The van der Waals surface area contributed by atoms with Crippen LogP contribution in [0.25, 0.3) is 33.3 Å². The lowest BCUT2D eigenvalue weighted by molar-refractivity contribution is 0.0697. The Hall–Kier alpha value is -4.39. The molecule has 36 heavy (non-hydrogen) atoms. The zero-order valence-corrected chi connectivity index (χ0v) is 20.6. The highest BCUT2D eigenvalue weighted by Gasteiger charge is 2.16. The molecular formula is C27H19N3O4S2. The van der Waals surface area contributed by atoms with Crippen molar-refractivity contribution in [2.75, 3.05) is 11.0 Å². The van der Waals surface area contributed by atoms with Gasteiger partial charge in [0.05, 0.1) is 17.5 Å². The number of carboxylic acids is 1. The Kier molecular flexibility index (Phi) is 6.06. The molecule has 0 saturated heterocycles. The second-order valence-corrected chi connectivity index (χ2v) is 10.7. The minimum atomic E-state index is -3.39. The topological polar surface area (TPSA) is 112 Å². The number of benzene rings is 3. The van der Waals surface area contributed by atoms with E-state index in [1.165, 1.54) is 11.3 Å². The lowest BCUT2D eigenvalue weighted by Crippen LogP contribution is -2.08. The van der Waals surface area contributed by atoms with Gasteiger partial charge in [-0.15, -0.1) is 11.3 Å². The fraction of sp³-hybridized carbons (Fsp3) is 0.0370. The van der Waals surface area contributed by atoms with E-state index < -0.39 is 16.0 Å². The summed E-state index contributed by atoms with van der Waals surface area (Å²) in [7, 11) is -3.39. The summed E-state index contributed by atoms with van der Waals surface area (Å²) in [4.78, 5) is 19.5. The van der Waals surface area contributed by atoms with E-state index in [1.807, 2.05) is 60.8 Å². The first-order chi connectivity index (χ1) is 17.3. The molecule has 0 unspecified atom stereocenters. The van der Waals surface area contributed by atoms with Gasteiger partial charge in [0.15, 0.2) is 5.13 Å². The number of aromatic nitrogens is 2. The van der Waals surface area contributed by atoms with Crippen LogP contribution in [0.5, 0.6) is 0 Å². The summed E-state index contributed by atoms with van der Waals surface area (Å²) >= 11 is 1.21. The number of carboxylic acid groups (broad SMARTS) is 1. The highest BCUT2D eigenvalue weighted by Crippen LogP contribution is 2.30. The summed E-state index contributed by atoms with van der Waals surface area (Å²) in [5.74, 6) is 5.25. The fourth-order valence-electron chi connectivity index (χ4n) is 3.82. The Morgan fingerprint density at radius 2 is 1.81 bits per heavy atom. The summed E-state index contributed by atoms with van der Waals surface area (Å²) in [6.45, 7) is 0. The average Bonchev–Trinajstić information content (AvgIpc) is 3.50. The van der Waals surface area contributed by atoms with E-state index in [1.54, 1.807) is 17.5 Å². The molecule has 0 aliphatic carbocycles. The Morgan fingerprint density at radius 1 is 1.03 bits per heavy atom. The summed E-state index contributed by atoms with van der Waals surface area (Å²) in [5.41, 5.74) is 5.27. The van der Waals surface area contributed by atoms with Gasteiger partial charge in [-0.2, -0.15) is 0 Å². The van der Waals surface area contributed by atoms with Gasteiger partial charge in [-0.05, 0) is 47.3 Å². The predicted molar refractivity (Wildman–Crippen MR) is 143 cm³/mol. The minimum Gasteiger partial charge on any atom is -0.478 e. The van der Waals surface area contributed by atoms with Crippen LogP contribution in [0.3, 0.4) is 0 Å². The lowest BCUT2D eigenvalue weighted by atomic mass is 9.93. The number of hydrogen-bond acceptors (Lipinski definition) is 5. The number of anilines is 1. The van der Waals surface area contributed by atoms with Crippen LogP contribution in [0.4, 0.5) is 5.13 Å². The number of fused-ring (bicyclic) bond motifs is 1. The Balaban J connectivity index is 1.47. The Labute approximate surface area is 211 Å². The third-order valence-corrected chi connectivity index (χ3v) is 6.89. The number of aromatic carboxylic acids is 1. The molecule has 0 radical (unpaired) electrons. The molecule has 2 aromatic heterocycles. The maximum absolute atomic E-state index is 12.0. The molecule has 0 bridgehead atoms. The van der Waals surface area contributed by atoms with E-state index in [2.05, 4.69) is 26.5 Å². The number of H-pyrrole nitrogens is 1. The van der Waals surface area contributed by atoms with Gasteiger partial charge in [-0.1, -0.05) is 42.2 Å². The second-order valence-electron chi connectivity index (χ2n) is 8.05. The molecule has 3 N–H and O–H groups in total. The van der Waals surface area contributed by atoms with Gasteiger partial charge in [0.1, 0.15) is 0 Å². The smallest absolute Gasteiger partial charge is 0.336 e. The van der Waals surface area contributed by atoms with Gasteiger partial charge < -0.3 is 10.1 Å². The van der Waals surface area contributed by atoms with Crippen LogP contribution in [-0.2, 0) is 10.0 Å². The number of nitrogens with one attached hydrogen (secondary N) is 2. The average molecular weight is 514 g/mol. The highest BCUT2D eigenvalue weighted by molar-refractivity contribution is 7.92. The first kappa shape index (κ1) is 23.4. The van der Waals surface area contributed by atoms with Crippen molar-refractivity contribution in [2.24, 2.45) is 0 Å². The van der Waals surface area contributed by atoms with Crippen LogP contribution in [-0.4, -0.2) is 35.7 Å². The van der Waals surface area contributed by atoms with Gasteiger partial charge in [0, 0.05) is 39.3 Å². The zero-order valence-electron chi connectivity index (χ0n) is 18.9. The highest BCUT2D eigenvalue weighted by atomic mass is 32.2. The molecule has 2 heterocycles. The molecule has 0 aliphatic rings. The molecule has 7 nitrogen and oxygen atoms in total. The van der Waals surface area contributed by atoms with E-state index >= 15 is 0 Å². The van der Waals surface area contributed by atoms with Crippen LogP contribution < -0.4 is 4.72 Å². The molecule has 5 rings (SSSR count). The van der Waals surface area contributed by atoms with Crippen molar-refractivity contribution in [1.29, 1.82) is 0 Å². The molecular weight excluding hydrogens is 494 g/mol. The largest absolute Gasteiger partial charge is 0.478 e.